The summed E-state index contributed by atoms with van der Waals surface area (Å²) in [7, 11) is 0. The van der Waals surface area contributed by atoms with Crippen molar-refractivity contribution in [3.8, 4) is 0 Å². The molecule has 2 N–H and O–H groups in total. The molecular weight excluding hydrogens is 408 g/mol. The molecule has 0 aromatic heterocycles. The third-order valence-electron chi connectivity index (χ3n) is 13.3. The van der Waals surface area contributed by atoms with Crippen LogP contribution in [0.4, 0.5) is 0 Å². The summed E-state index contributed by atoms with van der Waals surface area (Å²) in [5.74, 6) is 1.01. The summed E-state index contributed by atoms with van der Waals surface area (Å²) in [5.41, 5.74) is 1.94. The molecule has 0 aromatic carbocycles. The zero-order valence-electron chi connectivity index (χ0n) is 22.3. The number of carboxylic acids is 1. The van der Waals surface area contributed by atoms with Crippen molar-refractivity contribution in [1.82, 2.24) is 0 Å². The molecule has 33 heavy (non-hydrogen) atoms. The fourth-order valence-corrected chi connectivity index (χ4v) is 10.5. The number of carbonyl (C=O) groups is 1. The van der Waals surface area contributed by atoms with Crippen LogP contribution in [0.5, 0.6) is 0 Å². The SMILES string of the molecule is CC1(C)C2CC[C@]3(C)C(CC=C4[C@@H]5C[C@](C)(C(=O)O)CC[C@]5(C)CC[C@]43C)[C@@]2(C)CC[C@@H]1O. The van der Waals surface area contributed by atoms with Gasteiger partial charge in [-0.1, -0.05) is 53.2 Å². The van der Waals surface area contributed by atoms with Gasteiger partial charge in [0.1, 0.15) is 0 Å². The van der Waals surface area contributed by atoms with Gasteiger partial charge in [0.15, 0.2) is 0 Å². The van der Waals surface area contributed by atoms with E-state index in [1.54, 1.807) is 5.57 Å². The van der Waals surface area contributed by atoms with Crippen molar-refractivity contribution in [3.63, 3.8) is 0 Å². The van der Waals surface area contributed by atoms with Gasteiger partial charge in [0.05, 0.1) is 11.5 Å². The van der Waals surface area contributed by atoms with Gasteiger partial charge in [-0.2, -0.15) is 0 Å². The molecule has 186 valence electrons. The Balaban J connectivity index is 1.57. The van der Waals surface area contributed by atoms with Crippen molar-refractivity contribution in [2.45, 2.75) is 119 Å². The summed E-state index contributed by atoms with van der Waals surface area (Å²) >= 11 is 0. The van der Waals surface area contributed by atoms with Crippen molar-refractivity contribution in [3.05, 3.63) is 11.6 Å². The first kappa shape index (κ1) is 23.9. The summed E-state index contributed by atoms with van der Waals surface area (Å²) in [5, 5.41) is 20.9. The minimum atomic E-state index is -0.603. The van der Waals surface area contributed by atoms with E-state index >= 15 is 0 Å². The first-order valence-corrected chi connectivity index (χ1v) is 13.8. The summed E-state index contributed by atoms with van der Waals surface area (Å²) in [6.45, 7) is 16.8. The highest BCUT2D eigenvalue weighted by atomic mass is 16.4. The maximum Gasteiger partial charge on any atom is 0.309 e. The topological polar surface area (TPSA) is 57.5 Å². The molecule has 5 aliphatic carbocycles. The number of hydrogen-bond acceptors (Lipinski definition) is 2. The molecule has 0 heterocycles. The van der Waals surface area contributed by atoms with E-state index in [9.17, 15) is 15.0 Å². The Kier molecular flexibility index (Phi) is 4.99. The molecule has 0 saturated heterocycles. The number of aliphatic hydroxyl groups is 1. The van der Waals surface area contributed by atoms with E-state index in [1.807, 2.05) is 6.92 Å². The van der Waals surface area contributed by atoms with Gasteiger partial charge in [0, 0.05) is 0 Å². The van der Waals surface area contributed by atoms with Crippen LogP contribution in [0, 0.1) is 50.2 Å². The number of fused-ring (bicyclic) bond motifs is 7. The summed E-state index contributed by atoms with van der Waals surface area (Å²) in [4.78, 5) is 12.2. The highest BCUT2D eigenvalue weighted by Gasteiger charge is 2.68. The molecule has 0 bridgehead atoms. The van der Waals surface area contributed by atoms with Crippen LogP contribution in [0.15, 0.2) is 11.6 Å². The number of carboxylic acid groups (broad SMARTS) is 1. The molecule has 4 fully saturated rings. The molecule has 5 rings (SSSR count). The van der Waals surface area contributed by atoms with Gasteiger partial charge in [-0.25, -0.2) is 0 Å². The first-order chi connectivity index (χ1) is 15.1. The third kappa shape index (κ3) is 2.87. The van der Waals surface area contributed by atoms with Crippen molar-refractivity contribution in [2.75, 3.05) is 0 Å². The van der Waals surface area contributed by atoms with Gasteiger partial charge >= 0.3 is 5.97 Å². The summed E-state index contributed by atoms with van der Waals surface area (Å²) in [6.07, 6.45) is 13.2. The van der Waals surface area contributed by atoms with Gasteiger partial charge in [-0.3, -0.25) is 4.79 Å². The Morgan fingerprint density at radius 2 is 1.55 bits per heavy atom. The fourth-order valence-electron chi connectivity index (χ4n) is 10.5. The molecule has 9 atom stereocenters. The molecular formula is C30H48O3. The molecule has 0 aromatic rings. The Labute approximate surface area is 201 Å². The number of aliphatic hydroxyl groups excluding tert-OH is 1. The van der Waals surface area contributed by atoms with Crippen LogP contribution < -0.4 is 0 Å². The predicted octanol–water partition coefficient (Wildman–Crippen LogP) is 7.23. The van der Waals surface area contributed by atoms with Crippen LogP contribution >= 0.6 is 0 Å². The van der Waals surface area contributed by atoms with E-state index in [1.165, 1.54) is 25.7 Å². The molecule has 4 saturated carbocycles. The van der Waals surface area contributed by atoms with E-state index in [0.717, 1.165) is 38.5 Å². The minimum Gasteiger partial charge on any atom is -0.481 e. The number of hydrogen-bond donors (Lipinski definition) is 2. The van der Waals surface area contributed by atoms with Crippen molar-refractivity contribution in [2.24, 2.45) is 50.2 Å². The Hall–Kier alpha value is -0.830. The minimum absolute atomic E-state index is 0.0168. The van der Waals surface area contributed by atoms with Crippen LogP contribution in [0.25, 0.3) is 0 Å². The van der Waals surface area contributed by atoms with Crippen LogP contribution in [-0.2, 0) is 4.79 Å². The van der Waals surface area contributed by atoms with Crippen molar-refractivity contribution in [1.29, 1.82) is 0 Å². The lowest BCUT2D eigenvalue weighted by molar-refractivity contribution is -0.203. The van der Waals surface area contributed by atoms with Gasteiger partial charge in [-0.05, 0) is 116 Å². The highest BCUT2D eigenvalue weighted by Crippen LogP contribution is 2.75. The van der Waals surface area contributed by atoms with Crippen LogP contribution in [-0.4, -0.2) is 22.3 Å². The zero-order valence-corrected chi connectivity index (χ0v) is 22.3. The van der Waals surface area contributed by atoms with E-state index in [4.69, 9.17) is 0 Å². The van der Waals surface area contributed by atoms with E-state index < -0.39 is 11.4 Å². The average molecular weight is 457 g/mol. The third-order valence-corrected chi connectivity index (χ3v) is 13.3. The van der Waals surface area contributed by atoms with Crippen molar-refractivity contribution < 1.29 is 15.0 Å². The highest BCUT2D eigenvalue weighted by molar-refractivity contribution is 5.74. The molecule has 3 nitrogen and oxygen atoms in total. The van der Waals surface area contributed by atoms with Gasteiger partial charge < -0.3 is 10.2 Å². The second-order valence-electron chi connectivity index (χ2n) is 14.9. The maximum absolute atomic E-state index is 12.2. The lowest BCUT2D eigenvalue weighted by Crippen LogP contribution is -2.64. The lowest BCUT2D eigenvalue weighted by Gasteiger charge is -2.71. The van der Waals surface area contributed by atoms with E-state index in [2.05, 4.69) is 47.6 Å². The van der Waals surface area contributed by atoms with E-state index in [-0.39, 0.29) is 33.2 Å². The normalized spacial score (nSPS) is 55.3. The second kappa shape index (κ2) is 6.89. The molecule has 2 unspecified atom stereocenters. The van der Waals surface area contributed by atoms with Gasteiger partial charge in [0.2, 0.25) is 0 Å². The Morgan fingerprint density at radius 3 is 2.21 bits per heavy atom. The number of rotatable bonds is 1. The maximum atomic E-state index is 12.2. The molecule has 0 aliphatic heterocycles. The largest absolute Gasteiger partial charge is 0.481 e. The van der Waals surface area contributed by atoms with E-state index in [0.29, 0.717) is 17.8 Å². The quantitative estimate of drug-likeness (QED) is 0.409. The van der Waals surface area contributed by atoms with Gasteiger partial charge in [-0.15, -0.1) is 0 Å². The molecule has 0 radical (unpaired) electrons. The summed E-state index contributed by atoms with van der Waals surface area (Å²) < 4.78 is 0. The molecule has 0 spiro atoms. The second-order valence-corrected chi connectivity index (χ2v) is 14.9. The Bertz CT molecular complexity index is 889. The van der Waals surface area contributed by atoms with Gasteiger partial charge in [0.25, 0.3) is 0 Å². The zero-order chi connectivity index (χ0) is 24.2. The average Bonchev–Trinajstić information content (AvgIpc) is 2.73. The van der Waals surface area contributed by atoms with Crippen LogP contribution in [0.2, 0.25) is 0 Å². The molecule has 0 amide bonds. The fraction of sp³-hybridized carbons (Fsp3) is 0.900. The van der Waals surface area contributed by atoms with Crippen LogP contribution in [0.3, 0.4) is 0 Å². The smallest absolute Gasteiger partial charge is 0.309 e. The number of allylic oxidation sites excluding steroid dienone is 2. The number of aliphatic carboxylic acids is 1. The monoisotopic (exact) mass is 456 g/mol. The molecule has 5 aliphatic rings. The van der Waals surface area contributed by atoms with Crippen molar-refractivity contribution >= 4 is 5.97 Å². The lowest BCUT2D eigenvalue weighted by atomic mass is 9.33. The van der Waals surface area contributed by atoms with Crippen LogP contribution in [0.1, 0.15) is 113 Å². The Morgan fingerprint density at radius 1 is 0.879 bits per heavy atom. The molecule has 3 heteroatoms. The summed E-state index contributed by atoms with van der Waals surface area (Å²) in [6, 6.07) is 0. The first-order valence-electron chi connectivity index (χ1n) is 13.8. The standard InChI is InChI=1S/C30H48O3/c1-25(2)21-10-13-30(7)22(28(21,5)12-11-23(25)31)9-8-19-20-18-27(4,24(32)33)15-14-26(20,3)16-17-29(19,30)6/h8,20-23,31H,9-18H2,1-7H3,(H,32,33)/t20-,21?,22?,23-,26+,27+,28-,29+,30+/m0/s1. The predicted molar refractivity (Wildman–Crippen MR) is 133 cm³/mol.